The van der Waals surface area contributed by atoms with Crippen molar-refractivity contribution in [3.8, 4) is 0 Å². The molecule has 16 atom stereocenters. The van der Waals surface area contributed by atoms with E-state index in [2.05, 4.69) is 85.1 Å². The predicted molar refractivity (Wildman–Crippen MR) is 508 cm³/mol. The predicted octanol–water partition coefficient (Wildman–Crippen LogP) is -4.32. The van der Waals surface area contributed by atoms with Crippen LogP contribution in [0.4, 0.5) is 0 Å². The summed E-state index contributed by atoms with van der Waals surface area (Å²) in [5.41, 5.74) is 36.7. The maximum absolute atomic E-state index is 15.1. The van der Waals surface area contributed by atoms with Gasteiger partial charge in [-0.25, -0.2) is 0 Å². The molecule has 4 aromatic rings. The number of carboxylic acids is 2. The Hall–Kier alpha value is -13.9. The van der Waals surface area contributed by atoms with Gasteiger partial charge in [0, 0.05) is 51.6 Å². The average molecular weight is 1930 g/mol. The molecule has 46 heteroatoms. The minimum atomic E-state index is -2.06. The van der Waals surface area contributed by atoms with Crippen LogP contribution in [0.2, 0.25) is 0 Å². The zero-order chi connectivity index (χ0) is 102. The summed E-state index contributed by atoms with van der Waals surface area (Å²) in [7, 11) is 0. The van der Waals surface area contributed by atoms with Gasteiger partial charge in [0.2, 0.25) is 94.5 Å². The van der Waals surface area contributed by atoms with E-state index >= 15 is 14.4 Å². The lowest BCUT2D eigenvalue weighted by atomic mass is 9.96. The Balaban J connectivity index is 1.70. The van der Waals surface area contributed by atoms with Crippen LogP contribution in [0.1, 0.15) is 153 Å². The quantitative estimate of drug-likeness (QED) is 0.0113. The van der Waals surface area contributed by atoms with Crippen molar-refractivity contribution in [3.05, 3.63) is 144 Å². The molecule has 0 saturated carbocycles. The number of nitrogens with two attached hydrogens (primary N) is 6. The number of guanidine groups is 2. The smallest absolute Gasteiger partial charge is 0.322 e. The molecule has 16 amide bonds. The SMILES string of the molecule is CC[C@H](C)[C@H](NC(=O)[C@H](Cc1ccccc1)NC(=O)[C@H](Cc1ccccc1)NC(=O)[C@H](Cc1ccccc1)NC(=O)[C@@H](N)CCSC)C(=O)N[C@@H](CCCCN)C(=O)N[C@@H](CCC(=O)O)C(=O)N[C@@H](CCCNC(=N)N)C(=O)N[C@@H](CC(N)=O)C(=O)N[C@@H](CCC(N)=O)C(=O)N[C@@H](CC(C)C)C(=O)N[C@@H](Cc1ccccc1)C(=O)N[C@@H](CCCNC(=N)N)C(=O)N[C@H](C(=O)NCC(=O)O)[C@@H](C)O. The number of thioether (sulfide) groups is 1. The molecule has 0 aliphatic heterocycles. The lowest BCUT2D eigenvalue weighted by molar-refractivity contribution is -0.139. The molecular formula is C91H136N24O21S. The van der Waals surface area contributed by atoms with Crippen molar-refractivity contribution in [1.82, 2.24) is 85.1 Å². The Morgan fingerprint density at radius 1 is 0.358 bits per heavy atom. The van der Waals surface area contributed by atoms with Gasteiger partial charge in [0.05, 0.1) is 18.6 Å². The molecular weight excluding hydrogens is 1800 g/mol. The Morgan fingerprint density at radius 3 is 1.03 bits per heavy atom. The van der Waals surface area contributed by atoms with E-state index < -0.39 is 266 Å². The van der Waals surface area contributed by atoms with E-state index in [1.807, 2.05) is 6.26 Å². The van der Waals surface area contributed by atoms with E-state index in [-0.39, 0.29) is 96.7 Å². The van der Waals surface area contributed by atoms with Crippen LogP contribution < -0.4 is 119 Å². The number of carbonyl (C=O) groups is 18. The van der Waals surface area contributed by atoms with E-state index in [1.54, 1.807) is 149 Å². The van der Waals surface area contributed by atoms with Crippen molar-refractivity contribution in [2.24, 2.45) is 46.2 Å². The van der Waals surface area contributed by atoms with Crippen LogP contribution in [0, 0.1) is 22.7 Å². The highest BCUT2D eigenvalue weighted by atomic mass is 32.2. The molecule has 0 saturated heterocycles. The molecule has 0 aliphatic carbocycles. The second kappa shape index (κ2) is 61.9. The van der Waals surface area contributed by atoms with Crippen LogP contribution in [-0.2, 0) is 112 Å². The summed E-state index contributed by atoms with van der Waals surface area (Å²) >= 11 is 1.48. The summed E-state index contributed by atoms with van der Waals surface area (Å²) in [5, 5.41) is 85.8. The highest BCUT2D eigenvalue weighted by Crippen LogP contribution is 2.18. The van der Waals surface area contributed by atoms with Crippen molar-refractivity contribution in [2.45, 2.75) is 247 Å². The van der Waals surface area contributed by atoms with Gasteiger partial charge in [-0.15, -0.1) is 0 Å². The standard InChI is InChI=1S/C91H136N24O21S/c1-7-52(4)74(114-87(134)68(48-57-30-18-11-19-31-57)112-85(132)67(47-56-28-16-10-17-29-56)111-84(131)65(45-54-24-12-8-13-25-54)108-76(123)58(93)39-43-137-6)89(136)107-59(32-20-21-40-92)77(124)105-63(36-38-72(119)120)79(126)103-60(33-22-41-100-90(96)97)78(125)113-69(49-71(95)118)86(133)106-62(35-37-70(94)117)80(127)109-64(44-51(2)3)82(129)110-66(46-55-26-14-9-15-27-55)83(130)104-61(34-23-42-101-91(98)99)81(128)115-75(53(5)116)88(135)102-50-73(121)122/h8-19,24-31,51-53,58-69,74-75,116H,7,20-23,32-50,92-93H2,1-6H3,(H2,94,117)(H2,95,118)(H,102,135)(H,103,126)(H,104,130)(H,105,124)(H,106,133)(H,107,136)(H,108,123)(H,109,127)(H,110,129)(H,111,131)(H,112,132)(H,113,125)(H,114,134)(H,115,128)(H,119,120)(H,121,122)(H4,96,97,100)(H4,98,99,101)/t52-,53+,58-,59-,60-,61-,62-,63-,64-,65-,66-,67-,68-,69-,74-,75-/m0/s1. The first-order valence-corrected chi connectivity index (χ1v) is 46.6. The number of hydrogen-bond donors (Lipinski definition) is 27. The average Bonchev–Trinajstić information content (AvgIpc) is 0.624. The first kappa shape index (κ1) is 115. The van der Waals surface area contributed by atoms with Crippen molar-refractivity contribution < 1.29 is 102 Å². The molecule has 33 N–H and O–H groups in total. The third-order valence-corrected chi connectivity index (χ3v) is 22.3. The highest BCUT2D eigenvalue weighted by molar-refractivity contribution is 7.98. The Labute approximate surface area is 799 Å². The number of amides is 16. The van der Waals surface area contributed by atoms with E-state index in [0.29, 0.717) is 34.4 Å². The summed E-state index contributed by atoms with van der Waals surface area (Å²) in [6.45, 7) is 6.85. The minimum Gasteiger partial charge on any atom is -0.481 e. The molecule has 0 bridgehead atoms. The molecule has 0 aliphatic rings. The van der Waals surface area contributed by atoms with Crippen molar-refractivity contribution in [2.75, 3.05) is 38.2 Å². The molecule has 0 radical (unpaired) electrons. The number of carboxylic acid groups (broad SMARTS) is 2. The number of aliphatic hydroxyl groups is 1. The van der Waals surface area contributed by atoms with E-state index in [4.69, 9.17) is 45.2 Å². The lowest BCUT2D eigenvalue weighted by Crippen LogP contribution is -2.62. The first-order valence-electron chi connectivity index (χ1n) is 45.2. The van der Waals surface area contributed by atoms with Crippen molar-refractivity contribution in [1.29, 1.82) is 10.8 Å². The number of benzene rings is 4. The summed E-state index contributed by atoms with van der Waals surface area (Å²) in [5.74, 6) is -21.0. The Morgan fingerprint density at radius 2 is 0.679 bits per heavy atom. The largest absolute Gasteiger partial charge is 0.481 e. The molecule has 0 fully saturated rings. The summed E-state index contributed by atoms with van der Waals surface area (Å²) < 4.78 is 0. The van der Waals surface area contributed by atoms with Gasteiger partial charge in [-0.05, 0) is 130 Å². The van der Waals surface area contributed by atoms with E-state index in [1.165, 1.54) is 11.8 Å². The molecule has 137 heavy (non-hydrogen) atoms. The number of unbranched alkanes of at least 4 members (excludes halogenated alkanes) is 1. The van der Waals surface area contributed by atoms with Gasteiger partial charge in [0.25, 0.3) is 0 Å². The van der Waals surface area contributed by atoms with Crippen molar-refractivity contribution >= 4 is 130 Å². The molecule has 0 aromatic heterocycles. The molecule has 45 nitrogen and oxygen atoms in total. The minimum absolute atomic E-state index is 0.00219. The number of hydrogen-bond acceptors (Lipinski definition) is 24. The highest BCUT2D eigenvalue weighted by Gasteiger charge is 2.40. The number of nitrogens with one attached hydrogen (secondary N) is 18. The number of primary amides is 2. The van der Waals surface area contributed by atoms with Gasteiger partial charge in [0.1, 0.15) is 85.1 Å². The Kier molecular flexibility index (Phi) is 52.1. The third kappa shape index (κ3) is 44.9. The fourth-order valence-corrected chi connectivity index (χ4v) is 14.5. The van der Waals surface area contributed by atoms with Gasteiger partial charge in [-0.2, -0.15) is 11.8 Å². The maximum Gasteiger partial charge on any atom is 0.322 e. The van der Waals surface area contributed by atoms with Gasteiger partial charge in [-0.1, -0.05) is 155 Å². The van der Waals surface area contributed by atoms with E-state index in [0.717, 1.165) is 6.92 Å². The fourth-order valence-electron chi connectivity index (χ4n) is 14.1. The lowest BCUT2D eigenvalue weighted by Gasteiger charge is -2.30. The molecule has 0 heterocycles. The van der Waals surface area contributed by atoms with Crippen molar-refractivity contribution in [3.63, 3.8) is 0 Å². The number of carbonyl (C=O) groups excluding carboxylic acids is 16. The molecule has 752 valence electrons. The van der Waals surface area contributed by atoms with Gasteiger partial charge in [0.15, 0.2) is 11.9 Å². The van der Waals surface area contributed by atoms with Gasteiger partial charge >= 0.3 is 11.9 Å². The molecule has 0 unspecified atom stereocenters. The number of rotatable bonds is 65. The third-order valence-electron chi connectivity index (χ3n) is 21.7. The van der Waals surface area contributed by atoms with Gasteiger partial charge in [-0.3, -0.25) is 97.1 Å². The van der Waals surface area contributed by atoms with Crippen LogP contribution in [0.5, 0.6) is 0 Å². The van der Waals surface area contributed by atoms with Crippen LogP contribution in [0.3, 0.4) is 0 Å². The number of aliphatic hydroxyl groups excluding tert-OH is 1. The molecule has 4 rings (SSSR count). The normalized spacial score (nSPS) is 14.5. The molecule has 4 aromatic carbocycles. The first-order chi connectivity index (χ1) is 65.0. The summed E-state index contributed by atoms with van der Waals surface area (Å²) in [6, 6.07) is 11.8. The van der Waals surface area contributed by atoms with Crippen LogP contribution in [0.25, 0.3) is 0 Å². The Bertz CT molecular complexity index is 4670. The van der Waals surface area contributed by atoms with Crippen LogP contribution in [-0.4, -0.2) is 263 Å². The summed E-state index contributed by atoms with van der Waals surface area (Å²) in [4.78, 5) is 253. The topological polar surface area (TPSA) is 764 Å². The monoisotopic (exact) mass is 1930 g/mol. The van der Waals surface area contributed by atoms with Crippen LogP contribution in [0.15, 0.2) is 121 Å². The van der Waals surface area contributed by atoms with Gasteiger partial charge < -0.3 is 135 Å². The fraction of sp³-hybridized carbons (Fsp3) is 0.516. The second-order valence-corrected chi connectivity index (χ2v) is 34.5. The molecule has 0 spiro atoms. The zero-order valence-electron chi connectivity index (χ0n) is 77.9. The maximum atomic E-state index is 15.1. The van der Waals surface area contributed by atoms with Crippen LogP contribution >= 0.6 is 11.8 Å². The zero-order valence-corrected chi connectivity index (χ0v) is 78.7. The van der Waals surface area contributed by atoms with E-state index in [9.17, 15) is 87.2 Å². The summed E-state index contributed by atoms with van der Waals surface area (Å²) in [6.07, 6.45) is -4.26. The second-order valence-electron chi connectivity index (χ2n) is 33.5. The number of aliphatic carboxylic acids is 2.